The summed E-state index contributed by atoms with van der Waals surface area (Å²) in [7, 11) is 0. The van der Waals surface area contributed by atoms with E-state index in [2.05, 4.69) is 0 Å². The van der Waals surface area contributed by atoms with Gasteiger partial charge < -0.3 is 5.73 Å². The van der Waals surface area contributed by atoms with E-state index in [1.54, 1.807) is 0 Å². The van der Waals surface area contributed by atoms with Crippen LogP contribution in [0.1, 0.15) is 13.3 Å². The minimum absolute atomic E-state index is 0.292. The van der Waals surface area contributed by atoms with Gasteiger partial charge in [0.15, 0.2) is 0 Å². The van der Waals surface area contributed by atoms with Crippen LogP contribution in [0.15, 0.2) is 24.3 Å². The summed E-state index contributed by atoms with van der Waals surface area (Å²) in [6.07, 6.45) is 8.49. The third-order valence-corrected chi connectivity index (χ3v) is 1.73. The number of hydrogen-bond acceptors (Lipinski definition) is 1. The van der Waals surface area contributed by atoms with Crippen molar-refractivity contribution in [2.24, 2.45) is 11.1 Å². The molecule has 0 heterocycles. The summed E-state index contributed by atoms with van der Waals surface area (Å²) in [5.41, 5.74) is 4.62. The van der Waals surface area contributed by atoms with E-state index in [4.69, 9.17) is 5.73 Å². The zero-order valence-electron chi connectivity index (χ0n) is 6.00. The second-order valence-corrected chi connectivity index (χ2v) is 2.69. The summed E-state index contributed by atoms with van der Waals surface area (Å²) >= 11 is 0. The number of hydrogen-bond donors (Lipinski definition) is 1. The highest BCUT2D eigenvalue weighted by Crippen LogP contribution is 2.23. The lowest BCUT2D eigenvalue weighted by Crippen LogP contribution is -2.31. The van der Waals surface area contributed by atoms with E-state index in [-0.39, 0.29) is 5.91 Å². The first kappa shape index (κ1) is 7.06. The quantitative estimate of drug-likeness (QED) is 0.538. The molecule has 0 aromatic carbocycles. The van der Waals surface area contributed by atoms with Crippen molar-refractivity contribution >= 4 is 5.91 Å². The number of rotatable bonds is 1. The molecule has 10 heavy (non-hydrogen) atoms. The van der Waals surface area contributed by atoms with Gasteiger partial charge in [-0.15, -0.1) is 0 Å². The Bertz CT molecular complexity index is 191. The van der Waals surface area contributed by atoms with E-state index in [1.807, 2.05) is 31.2 Å². The van der Waals surface area contributed by atoms with Gasteiger partial charge in [-0.05, 0) is 13.3 Å². The topological polar surface area (TPSA) is 43.1 Å². The Kier molecular flexibility index (Phi) is 1.62. The first-order valence-corrected chi connectivity index (χ1v) is 3.30. The molecule has 0 aromatic rings. The standard InChI is InChI=1S/C8H11NO/c1-8(7(9)10)5-3-2-4-6-8/h3-6H,2H2,1H3,(H2,9,10). The van der Waals surface area contributed by atoms with Gasteiger partial charge in [0.1, 0.15) is 0 Å². The normalized spacial score (nSPS) is 20.9. The highest BCUT2D eigenvalue weighted by atomic mass is 16.1. The van der Waals surface area contributed by atoms with Gasteiger partial charge >= 0.3 is 0 Å². The largest absolute Gasteiger partial charge is 0.369 e. The molecule has 2 heteroatoms. The summed E-state index contributed by atoms with van der Waals surface area (Å²) in [4.78, 5) is 10.8. The monoisotopic (exact) mass is 137 g/mol. The fourth-order valence-corrected chi connectivity index (χ4v) is 0.924. The summed E-state index contributed by atoms with van der Waals surface area (Å²) in [5.74, 6) is -0.292. The zero-order chi connectivity index (χ0) is 7.61. The average molecular weight is 137 g/mol. The van der Waals surface area contributed by atoms with Crippen molar-refractivity contribution in [2.75, 3.05) is 0 Å². The van der Waals surface area contributed by atoms with E-state index in [9.17, 15) is 4.79 Å². The molecule has 0 atom stereocenters. The van der Waals surface area contributed by atoms with Gasteiger partial charge in [0.05, 0.1) is 5.41 Å². The van der Waals surface area contributed by atoms with Crippen molar-refractivity contribution < 1.29 is 4.79 Å². The smallest absolute Gasteiger partial charge is 0.231 e. The van der Waals surface area contributed by atoms with Gasteiger partial charge in [-0.25, -0.2) is 0 Å². The number of carbonyl (C=O) groups is 1. The summed E-state index contributed by atoms with van der Waals surface area (Å²) in [6, 6.07) is 0. The van der Waals surface area contributed by atoms with Crippen LogP contribution in [-0.4, -0.2) is 5.91 Å². The maximum absolute atomic E-state index is 10.8. The molecule has 0 saturated carbocycles. The van der Waals surface area contributed by atoms with Gasteiger partial charge in [0.2, 0.25) is 5.91 Å². The number of primary amides is 1. The number of allylic oxidation sites excluding steroid dienone is 2. The van der Waals surface area contributed by atoms with E-state index < -0.39 is 5.41 Å². The third kappa shape index (κ3) is 1.10. The average Bonchev–Trinajstić information content (AvgIpc) is 1.89. The van der Waals surface area contributed by atoms with Crippen LogP contribution in [0.5, 0.6) is 0 Å². The Hall–Kier alpha value is -1.05. The van der Waals surface area contributed by atoms with Crippen LogP contribution in [0.2, 0.25) is 0 Å². The minimum Gasteiger partial charge on any atom is -0.369 e. The molecule has 0 saturated heterocycles. The summed E-state index contributed by atoms with van der Waals surface area (Å²) in [6.45, 7) is 1.81. The van der Waals surface area contributed by atoms with E-state index in [1.165, 1.54) is 0 Å². The Balaban J connectivity index is 2.85. The molecule has 0 spiro atoms. The number of amides is 1. The molecule has 0 fully saturated rings. The molecule has 1 aliphatic rings. The molecular formula is C8H11NO. The predicted octanol–water partition coefficient (Wildman–Crippen LogP) is 0.994. The molecule has 0 bridgehead atoms. The van der Waals surface area contributed by atoms with Crippen molar-refractivity contribution in [3.63, 3.8) is 0 Å². The minimum atomic E-state index is -0.543. The first-order valence-electron chi connectivity index (χ1n) is 3.30. The maximum atomic E-state index is 10.8. The molecule has 0 aliphatic heterocycles. The Morgan fingerprint density at radius 1 is 1.50 bits per heavy atom. The van der Waals surface area contributed by atoms with Gasteiger partial charge in [0, 0.05) is 0 Å². The van der Waals surface area contributed by atoms with Crippen LogP contribution in [0.3, 0.4) is 0 Å². The Morgan fingerprint density at radius 3 is 2.30 bits per heavy atom. The summed E-state index contributed by atoms with van der Waals surface area (Å²) < 4.78 is 0. The number of carbonyl (C=O) groups excluding carboxylic acids is 1. The van der Waals surface area contributed by atoms with Gasteiger partial charge in [-0.2, -0.15) is 0 Å². The molecule has 1 aliphatic carbocycles. The lowest BCUT2D eigenvalue weighted by molar-refractivity contribution is -0.122. The van der Waals surface area contributed by atoms with Crippen LogP contribution < -0.4 is 5.73 Å². The lowest BCUT2D eigenvalue weighted by Gasteiger charge is -2.19. The van der Waals surface area contributed by atoms with Gasteiger partial charge in [0.25, 0.3) is 0 Å². The number of nitrogens with two attached hydrogens (primary N) is 1. The SMILES string of the molecule is CC1(C(N)=O)C=CCC=C1. The molecule has 2 nitrogen and oxygen atoms in total. The van der Waals surface area contributed by atoms with Crippen molar-refractivity contribution in [3.8, 4) is 0 Å². The van der Waals surface area contributed by atoms with Gasteiger partial charge in [-0.3, -0.25) is 4.79 Å². The van der Waals surface area contributed by atoms with Crippen LogP contribution in [0.25, 0.3) is 0 Å². The van der Waals surface area contributed by atoms with Gasteiger partial charge in [-0.1, -0.05) is 24.3 Å². The molecule has 54 valence electrons. The van der Waals surface area contributed by atoms with Crippen molar-refractivity contribution in [3.05, 3.63) is 24.3 Å². The lowest BCUT2D eigenvalue weighted by atomic mass is 9.86. The molecule has 0 unspecified atom stereocenters. The van der Waals surface area contributed by atoms with Crippen LogP contribution in [0, 0.1) is 5.41 Å². The fourth-order valence-electron chi connectivity index (χ4n) is 0.924. The maximum Gasteiger partial charge on any atom is 0.231 e. The molecule has 0 radical (unpaired) electrons. The van der Waals surface area contributed by atoms with Crippen molar-refractivity contribution in [1.29, 1.82) is 0 Å². The molecule has 1 amide bonds. The van der Waals surface area contributed by atoms with E-state index in [0.29, 0.717) is 0 Å². The Morgan fingerprint density at radius 2 is 2.00 bits per heavy atom. The zero-order valence-corrected chi connectivity index (χ0v) is 6.00. The third-order valence-electron chi connectivity index (χ3n) is 1.73. The summed E-state index contributed by atoms with van der Waals surface area (Å²) in [5, 5.41) is 0. The Labute approximate surface area is 60.4 Å². The second-order valence-electron chi connectivity index (χ2n) is 2.69. The van der Waals surface area contributed by atoms with Crippen molar-refractivity contribution in [2.45, 2.75) is 13.3 Å². The molecule has 1 rings (SSSR count). The van der Waals surface area contributed by atoms with Crippen molar-refractivity contribution in [1.82, 2.24) is 0 Å². The fraction of sp³-hybridized carbons (Fsp3) is 0.375. The van der Waals surface area contributed by atoms with Crippen LogP contribution in [-0.2, 0) is 4.79 Å². The molecule has 2 N–H and O–H groups in total. The van der Waals surface area contributed by atoms with Crippen LogP contribution in [0.4, 0.5) is 0 Å². The molecular weight excluding hydrogens is 126 g/mol. The van der Waals surface area contributed by atoms with Crippen LogP contribution >= 0.6 is 0 Å². The predicted molar refractivity (Wildman–Crippen MR) is 40.2 cm³/mol. The van der Waals surface area contributed by atoms with E-state index >= 15 is 0 Å². The second kappa shape index (κ2) is 2.29. The van der Waals surface area contributed by atoms with E-state index in [0.717, 1.165) is 6.42 Å². The highest BCUT2D eigenvalue weighted by molar-refractivity contribution is 5.84. The highest BCUT2D eigenvalue weighted by Gasteiger charge is 2.24. The first-order chi connectivity index (χ1) is 4.65. The molecule has 0 aromatic heterocycles.